The highest BCUT2D eigenvalue weighted by molar-refractivity contribution is 6.10. The van der Waals surface area contributed by atoms with Crippen molar-refractivity contribution in [2.24, 2.45) is 5.92 Å². The van der Waals surface area contributed by atoms with Crippen LogP contribution >= 0.6 is 0 Å². The summed E-state index contributed by atoms with van der Waals surface area (Å²) >= 11 is 0. The molecule has 2 aromatic carbocycles. The Morgan fingerprint density at radius 2 is 1.76 bits per heavy atom. The molecule has 3 rings (SSSR count). The summed E-state index contributed by atoms with van der Waals surface area (Å²) in [5.74, 6) is -0.516. The zero-order valence-corrected chi connectivity index (χ0v) is 17.0. The predicted octanol–water partition coefficient (Wildman–Crippen LogP) is 4.41. The molecule has 152 valence electrons. The molecule has 0 aliphatic heterocycles. The summed E-state index contributed by atoms with van der Waals surface area (Å²) in [4.78, 5) is 25.7. The van der Waals surface area contributed by atoms with Gasteiger partial charge in [-0.05, 0) is 61.2 Å². The van der Waals surface area contributed by atoms with Crippen LogP contribution in [0.3, 0.4) is 0 Å². The molecule has 0 spiro atoms. The Morgan fingerprint density at radius 3 is 2.41 bits per heavy atom. The molecule has 29 heavy (non-hydrogen) atoms. The molecule has 5 heteroatoms. The average molecular weight is 394 g/mol. The van der Waals surface area contributed by atoms with Crippen LogP contribution in [0.1, 0.15) is 37.3 Å². The second-order valence-corrected chi connectivity index (χ2v) is 6.81. The average Bonchev–Trinajstić information content (AvgIpc) is 2.74. The molecular formula is C24H26O5. The van der Waals surface area contributed by atoms with Gasteiger partial charge in [0.05, 0.1) is 20.3 Å². The first-order valence-electron chi connectivity index (χ1n) is 9.86. The lowest BCUT2D eigenvalue weighted by Gasteiger charge is -2.30. The molecule has 2 atom stereocenters. The maximum atomic E-state index is 13.0. The monoisotopic (exact) mass is 394 g/mol. The van der Waals surface area contributed by atoms with Crippen LogP contribution in [0.2, 0.25) is 0 Å². The van der Waals surface area contributed by atoms with Crippen molar-refractivity contribution in [2.45, 2.75) is 26.2 Å². The van der Waals surface area contributed by atoms with Gasteiger partial charge in [-0.15, -0.1) is 0 Å². The van der Waals surface area contributed by atoms with Crippen LogP contribution in [0.5, 0.6) is 11.5 Å². The third kappa shape index (κ3) is 4.50. The van der Waals surface area contributed by atoms with Crippen molar-refractivity contribution in [3.63, 3.8) is 0 Å². The van der Waals surface area contributed by atoms with Crippen LogP contribution in [-0.4, -0.2) is 32.1 Å². The van der Waals surface area contributed by atoms with Crippen molar-refractivity contribution in [2.75, 3.05) is 20.3 Å². The summed E-state index contributed by atoms with van der Waals surface area (Å²) in [5.41, 5.74) is 2.66. The van der Waals surface area contributed by atoms with Crippen LogP contribution in [-0.2, 0) is 14.3 Å². The van der Waals surface area contributed by atoms with Gasteiger partial charge in [-0.1, -0.05) is 30.3 Å². The van der Waals surface area contributed by atoms with Gasteiger partial charge >= 0.3 is 5.97 Å². The fourth-order valence-corrected chi connectivity index (χ4v) is 3.76. The topological polar surface area (TPSA) is 61.8 Å². The van der Waals surface area contributed by atoms with Gasteiger partial charge in [-0.3, -0.25) is 9.59 Å². The summed E-state index contributed by atoms with van der Waals surface area (Å²) in [6.45, 7) is 4.39. The molecule has 0 amide bonds. The number of hydrogen-bond acceptors (Lipinski definition) is 5. The van der Waals surface area contributed by atoms with Crippen molar-refractivity contribution in [1.82, 2.24) is 0 Å². The standard InChI is InChI=1S/C24H26O5/c1-4-28-22-9-7-6-8-19(22)20-14-17(16-10-12-18(27-3)13-11-16)15-21(25)23(20)24(26)29-5-2/h6-13,15,20,23H,4-5,14H2,1-3H3. The quantitative estimate of drug-likeness (QED) is 0.514. The van der Waals surface area contributed by atoms with E-state index in [9.17, 15) is 9.59 Å². The van der Waals surface area contributed by atoms with E-state index in [0.717, 1.165) is 22.4 Å². The van der Waals surface area contributed by atoms with E-state index in [1.165, 1.54) is 0 Å². The maximum absolute atomic E-state index is 13.0. The normalized spacial score (nSPS) is 18.7. The van der Waals surface area contributed by atoms with Gasteiger partial charge in [-0.25, -0.2) is 0 Å². The number of rotatable bonds is 7. The number of carbonyl (C=O) groups is 2. The van der Waals surface area contributed by atoms with Crippen molar-refractivity contribution in [3.8, 4) is 11.5 Å². The Bertz CT molecular complexity index is 898. The minimum absolute atomic E-state index is 0.234. The number of allylic oxidation sites excluding steroid dienone is 2. The van der Waals surface area contributed by atoms with E-state index in [4.69, 9.17) is 14.2 Å². The zero-order chi connectivity index (χ0) is 20.8. The minimum atomic E-state index is -0.876. The van der Waals surface area contributed by atoms with Crippen LogP contribution in [0.25, 0.3) is 5.57 Å². The highest BCUT2D eigenvalue weighted by atomic mass is 16.5. The van der Waals surface area contributed by atoms with E-state index < -0.39 is 11.9 Å². The van der Waals surface area contributed by atoms with Crippen LogP contribution in [0.4, 0.5) is 0 Å². The molecule has 0 aromatic heterocycles. The summed E-state index contributed by atoms with van der Waals surface area (Å²) in [5, 5.41) is 0. The first-order chi connectivity index (χ1) is 14.1. The molecule has 1 aliphatic rings. The van der Waals surface area contributed by atoms with E-state index in [1.54, 1.807) is 20.1 Å². The molecule has 2 aromatic rings. The molecule has 5 nitrogen and oxygen atoms in total. The molecular weight excluding hydrogens is 368 g/mol. The van der Waals surface area contributed by atoms with Gasteiger partial charge in [-0.2, -0.15) is 0 Å². The van der Waals surface area contributed by atoms with Gasteiger partial charge in [0.1, 0.15) is 17.4 Å². The lowest BCUT2D eigenvalue weighted by molar-refractivity contribution is -0.151. The lowest BCUT2D eigenvalue weighted by Crippen LogP contribution is -2.34. The van der Waals surface area contributed by atoms with Crippen LogP contribution in [0, 0.1) is 5.92 Å². The number of hydrogen-bond donors (Lipinski definition) is 0. The smallest absolute Gasteiger partial charge is 0.317 e. The van der Waals surface area contributed by atoms with Crippen LogP contribution < -0.4 is 9.47 Å². The first-order valence-corrected chi connectivity index (χ1v) is 9.86. The largest absolute Gasteiger partial charge is 0.497 e. The van der Waals surface area contributed by atoms with Gasteiger partial charge < -0.3 is 14.2 Å². The maximum Gasteiger partial charge on any atom is 0.317 e. The van der Waals surface area contributed by atoms with E-state index in [0.29, 0.717) is 18.8 Å². The van der Waals surface area contributed by atoms with Gasteiger partial charge in [0.2, 0.25) is 0 Å². The predicted molar refractivity (Wildman–Crippen MR) is 111 cm³/mol. The molecule has 0 saturated heterocycles. The molecule has 0 N–H and O–H groups in total. The SMILES string of the molecule is CCOC(=O)C1C(=O)C=C(c2ccc(OC)cc2)CC1c1ccccc1OCC. The molecule has 0 heterocycles. The number of ketones is 1. The summed E-state index contributed by atoms with van der Waals surface area (Å²) in [6, 6.07) is 15.2. The number of esters is 1. The number of benzene rings is 2. The second kappa shape index (κ2) is 9.41. The van der Waals surface area contributed by atoms with E-state index in [-0.39, 0.29) is 18.3 Å². The highest BCUT2D eigenvalue weighted by Crippen LogP contribution is 2.43. The van der Waals surface area contributed by atoms with E-state index in [1.807, 2.05) is 55.5 Å². The summed E-state index contributed by atoms with van der Waals surface area (Å²) in [6.07, 6.45) is 2.11. The molecule has 1 aliphatic carbocycles. The van der Waals surface area contributed by atoms with Crippen molar-refractivity contribution in [1.29, 1.82) is 0 Å². The second-order valence-electron chi connectivity index (χ2n) is 6.81. The fraction of sp³-hybridized carbons (Fsp3) is 0.333. The van der Waals surface area contributed by atoms with E-state index >= 15 is 0 Å². The van der Waals surface area contributed by atoms with Gasteiger partial charge in [0.25, 0.3) is 0 Å². The van der Waals surface area contributed by atoms with Crippen molar-refractivity contribution >= 4 is 17.3 Å². The third-order valence-corrected chi connectivity index (χ3v) is 5.08. The fourth-order valence-electron chi connectivity index (χ4n) is 3.76. The van der Waals surface area contributed by atoms with Crippen LogP contribution in [0.15, 0.2) is 54.6 Å². The Morgan fingerprint density at radius 1 is 1.03 bits per heavy atom. The summed E-state index contributed by atoms with van der Waals surface area (Å²) in [7, 11) is 1.61. The number of methoxy groups -OCH3 is 1. The Hall–Kier alpha value is -3.08. The molecule has 2 unspecified atom stereocenters. The van der Waals surface area contributed by atoms with Gasteiger partial charge in [0, 0.05) is 5.92 Å². The Balaban J connectivity index is 2.04. The molecule has 0 fully saturated rings. The zero-order valence-electron chi connectivity index (χ0n) is 17.0. The number of para-hydroxylation sites is 1. The molecule has 0 saturated carbocycles. The van der Waals surface area contributed by atoms with Crippen molar-refractivity contribution < 1.29 is 23.8 Å². The lowest BCUT2D eigenvalue weighted by atomic mass is 9.73. The molecule has 0 radical (unpaired) electrons. The highest BCUT2D eigenvalue weighted by Gasteiger charge is 2.40. The number of carbonyl (C=O) groups excluding carboxylic acids is 2. The summed E-state index contributed by atoms with van der Waals surface area (Å²) < 4.78 is 16.2. The third-order valence-electron chi connectivity index (χ3n) is 5.08. The van der Waals surface area contributed by atoms with Crippen molar-refractivity contribution in [3.05, 3.63) is 65.7 Å². The Labute approximate surface area is 171 Å². The Kier molecular flexibility index (Phi) is 6.70. The first kappa shape index (κ1) is 20.6. The van der Waals surface area contributed by atoms with Gasteiger partial charge in [0.15, 0.2) is 5.78 Å². The minimum Gasteiger partial charge on any atom is -0.497 e. The number of ether oxygens (including phenoxy) is 3. The van der Waals surface area contributed by atoms with E-state index in [2.05, 4.69) is 0 Å². The molecule has 0 bridgehead atoms.